The molecular formula is C39H47N7O6. The minimum atomic E-state index is -0.981. The molecule has 4 atom stereocenters. The van der Waals surface area contributed by atoms with Crippen LogP contribution in [0, 0.1) is 0 Å². The van der Waals surface area contributed by atoms with Gasteiger partial charge in [-0.3, -0.25) is 9.59 Å². The number of nitrogens with zero attached hydrogens (tertiary/aromatic N) is 4. The Kier molecular flexibility index (Phi) is 10.7. The van der Waals surface area contributed by atoms with Crippen LogP contribution in [0.3, 0.4) is 0 Å². The van der Waals surface area contributed by atoms with Crippen LogP contribution in [0.4, 0.5) is 4.79 Å². The first-order valence-electron chi connectivity index (χ1n) is 18.4. The second-order valence-corrected chi connectivity index (χ2v) is 13.8. The molecule has 13 nitrogen and oxygen atoms in total. The normalized spacial score (nSPS) is 21.5. The van der Waals surface area contributed by atoms with E-state index in [1.54, 1.807) is 18.0 Å². The lowest BCUT2D eigenvalue weighted by molar-refractivity contribution is -0.141. The van der Waals surface area contributed by atoms with E-state index in [0.29, 0.717) is 39.1 Å². The zero-order valence-corrected chi connectivity index (χ0v) is 29.8. The van der Waals surface area contributed by atoms with Crippen LogP contribution in [0.15, 0.2) is 54.7 Å². The fourth-order valence-corrected chi connectivity index (χ4v) is 7.63. The third-order valence-corrected chi connectivity index (χ3v) is 10.5. The number of aromatic nitrogens is 4. The average Bonchev–Trinajstić information content (AvgIpc) is 4.01. The third kappa shape index (κ3) is 7.33. The Morgan fingerprint density at radius 3 is 2.35 bits per heavy atom. The van der Waals surface area contributed by atoms with Gasteiger partial charge in [-0.25, -0.2) is 14.8 Å². The number of carbonyl (C=O) groups excluding carboxylic acids is 3. The van der Waals surface area contributed by atoms with E-state index in [9.17, 15) is 19.5 Å². The zero-order valence-electron chi connectivity index (χ0n) is 29.8. The molecule has 2 bridgehead atoms. The van der Waals surface area contributed by atoms with Gasteiger partial charge in [-0.1, -0.05) is 55.5 Å². The molecule has 0 radical (unpaired) electrons. The summed E-state index contributed by atoms with van der Waals surface area (Å²) in [4.78, 5) is 58.7. The minimum Gasteiger partial charge on any atom is -0.453 e. The Bertz CT molecular complexity index is 1870. The van der Waals surface area contributed by atoms with Crippen molar-refractivity contribution < 1.29 is 29.0 Å². The highest BCUT2D eigenvalue weighted by molar-refractivity contribution is 5.86. The number of amides is 3. The number of hydrogen-bond acceptors (Lipinski definition) is 8. The summed E-state index contributed by atoms with van der Waals surface area (Å²) < 4.78 is 10.9. The Labute approximate surface area is 303 Å². The standard InChI is InChI=1S/C39H47N7O6/c1-3-33(47)38(49)46-20-6-9-31(46)35-40-22-29(41-35)26-15-11-24(12-16-26)25-13-17-27(18-14-25)34-30-23-52-21-5-4-8-28(43-39(50)51-2)37(48)45-19-7-10-32(45)36(42-30)44-34/h11-18,22,28,31-33,47H,3-10,19-21,23H2,1-2H3,(H,40,41)(H,42,44)(H,43,50)/t28-,31-,32-,33+/m0/s1. The molecule has 0 saturated carbocycles. The fourth-order valence-electron chi connectivity index (χ4n) is 7.63. The van der Waals surface area contributed by atoms with Crippen molar-refractivity contribution in [1.29, 1.82) is 0 Å². The van der Waals surface area contributed by atoms with Gasteiger partial charge in [0.1, 0.15) is 23.8 Å². The molecule has 0 unspecified atom stereocenters. The maximum Gasteiger partial charge on any atom is 0.407 e. The SMILES string of the molecule is CC[C@@H](O)C(=O)N1CCC[C@H]1c1ncc(-c2ccc(-c3ccc(-c4nc5[nH]c4COCCCC[C@H](NC(=O)OC)C(=O)N4CCC[C@@H]54)cc3)cc2)[nH]1. The Morgan fingerprint density at radius 2 is 1.62 bits per heavy atom. The Morgan fingerprint density at radius 1 is 0.923 bits per heavy atom. The van der Waals surface area contributed by atoms with Gasteiger partial charge in [-0.2, -0.15) is 0 Å². The summed E-state index contributed by atoms with van der Waals surface area (Å²) in [5, 5.41) is 12.9. The van der Waals surface area contributed by atoms with Crippen molar-refractivity contribution in [3.63, 3.8) is 0 Å². The van der Waals surface area contributed by atoms with Gasteiger partial charge in [0, 0.05) is 25.3 Å². The number of ether oxygens (including phenoxy) is 2. The molecule has 2 saturated heterocycles. The first-order valence-corrected chi connectivity index (χ1v) is 18.4. The van der Waals surface area contributed by atoms with Gasteiger partial charge in [-0.05, 0) is 68.1 Å². The summed E-state index contributed by atoms with van der Waals surface area (Å²) in [6.07, 6.45) is 5.93. The highest BCUT2D eigenvalue weighted by atomic mass is 16.5. The van der Waals surface area contributed by atoms with E-state index in [4.69, 9.17) is 14.5 Å². The molecule has 3 aliphatic heterocycles. The molecule has 7 rings (SSSR count). The van der Waals surface area contributed by atoms with Crippen LogP contribution in [0.1, 0.15) is 87.7 Å². The molecule has 52 heavy (non-hydrogen) atoms. The number of rotatable bonds is 7. The van der Waals surface area contributed by atoms with Crippen molar-refractivity contribution in [2.45, 2.75) is 89.1 Å². The van der Waals surface area contributed by atoms with Crippen LogP contribution in [0.5, 0.6) is 0 Å². The number of aromatic amines is 2. The number of H-pyrrole nitrogens is 2. The van der Waals surface area contributed by atoms with E-state index in [1.165, 1.54) is 7.11 Å². The highest BCUT2D eigenvalue weighted by Crippen LogP contribution is 2.36. The summed E-state index contributed by atoms with van der Waals surface area (Å²) >= 11 is 0. The number of alkyl carbamates (subject to hydrolysis) is 1. The number of hydrogen-bond donors (Lipinski definition) is 4. The molecule has 4 N–H and O–H groups in total. The zero-order chi connectivity index (χ0) is 36.2. The summed E-state index contributed by atoms with van der Waals surface area (Å²) in [6, 6.07) is 15.5. The van der Waals surface area contributed by atoms with Crippen molar-refractivity contribution in [1.82, 2.24) is 35.1 Å². The maximum absolute atomic E-state index is 13.7. The van der Waals surface area contributed by atoms with Gasteiger partial charge < -0.3 is 39.7 Å². The highest BCUT2D eigenvalue weighted by Gasteiger charge is 2.37. The van der Waals surface area contributed by atoms with Crippen LogP contribution in [-0.2, 0) is 25.7 Å². The number of likely N-dealkylation sites (tertiary alicyclic amines) is 1. The molecule has 13 heteroatoms. The van der Waals surface area contributed by atoms with Crippen LogP contribution in [-0.4, -0.2) is 91.7 Å². The summed E-state index contributed by atoms with van der Waals surface area (Å²) in [6.45, 7) is 3.93. The lowest BCUT2D eigenvalue weighted by Crippen LogP contribution is -2.48. The number of benzene rings is 2. The second kappa shape index (κ2) is 15.7. The lowest BCUT2D eigenvalue weighted by atomic mass is 10.0. The van der Waals surface area contributed by atoms with Crippen molar-refractivity contribution in [3.8, 4) is 33.6 Å². The fraction of sp³-hybridized carbons (Fsp3) is 0.462. The van der Waals surface area contributed by atoms with Gasteiger partial charge in [0.05, 0.1) is 49.1 Å². The number of nitrogens with one attached hydrogen (secondary N) is 3. The molecule has 0 spiro atoms. The van der Waals surface area contributed by atoms with Crippen molar-refractivity contribution in [2.24, 2.45) is 0 Å². The van der Waals surface area contributed by atoms with Gasteiger partial charge in [0.25, 0.3) is 5.91 Å². The first-order chi connectivity index (χ1) is 25.3. The maximum atomic E-state index is 13.7. The molecule has 2 fully saturated rings. The predicted molar refractivity (Wildman–Crippen MR) is 194 cm³/mol. The van der Waals surface area contributed by atoms with E-state index in [-0.39, 0.29) is 23.9 Å². The van der Waals surface area contributed by atoms with Gasteiger partial charge in [0.2, 0.25) is 5.91 Å². The van der Waals surface area contributed by atoms with Crippen molar-refractivity contribution in [2.75, 3.05) is 26.8 Å². The molecule has 3 amide bonds. The molecule has 2 aromatic heterocycles. The van der Waals surface area contributed by atoms with E-state index < -0.39 is 18.2 Å². The smallest absolute Gasteiger partial charge is 0.407 e. The first kappa shape index (κ1) is 35.4. The molecule has 0 aliphatic carbocycles. The molecule has 274 valence electrons. The largest absolute Gasteiger partial charge is 0.453 e. The quantitative estimate of drug-likeness (QED) is 0.191. The van der Waals surface area contributed by atoms with Crippen LogP contribution < -0.4 is 5.32 Å². The van der Waals surface area contributed by atoms with E-state index in [1.807, 2.05) is 4.90 Å². The van der Waals surface area contributed by atoms with Gasteiger partial charge in [-0.15, -0.1) is 0 Å². The predicted octanol–water partition coefficient (Wildman–Crippen LogP) is 5.66. The third-order valence-electron chi connectivity index (χ3n) is 10.5. The van der Waals surface area contributed by atoms with Crippen molar-refractivity contribution in [3.05, 3.63) is 72.1 Å². The number of carbonyl (C=O) groups is 3. The van der Waals surface area contributed by atoms with E-state index in [0.717, 1.165) is 89.5 Å². The minimum absolute atomic E-state index is 0.115. The van der Waals surface area contributed by atoms with Crippen molar-refractivity contribution >= 4 is 17.9 Å². The van der Waals surface area contributed by atoms with E-state index in [2.05, 4.69) is 68.8 Å². The molecular weight excluding hydrogens is 662 g/mol. The van der Waals surface area contributed by atoms with E-state index >= 15 is 0 Å². The summed E-state index contributed by atoms with van der Waals surface area (Å²) in [5.41, 5.74) is 6.61. The topological polar surface area (TPSA) is 166 Å². The molecule has 3 aliphatic rings. The number of aliphatic hydroxyl groups is 1. The van der Waals surface area contributed by atoms with Crippen LogP contribution in [0.25, 0.3) is 33.6 Å². The molecule has 5 heterocycles. The lowest BCUT2D eigenvalue weighted by Gasteiger charge is -2.28. The Balaban J connectivity index is 1.07. The second-order valence-electron chi connectivity index (χ2n) is 13.8. The Hall–Kier alpha value is -5.01. The number of aliphatic hydroxyl groups excluding tert-OH is 1. The number of imidazole rings is 2. The average molecular weight is 710 g/mol. The number of fused-ring (bicyclic) bond motifs is 4. The summed E-state index contributed by atoms with van der Waals surface area (Å²) in [7, 11) is 1.30. The molecule has 4 aromatic rings. The number of methoxy groups -OCH3 is 1. The summed E-state index contributed by atoms with van der Waals surface area (Å²) in [5.74, 6) is 1.12. The molecule has 2 aromatic carbocycles. The monoisotopic (exact) mass is 709 g/mol. The van der Waals surface area contributed by atoms with Gasteiger partial charge >= 0.3 is 6.09 Å². The van der Waals surface area contributed by atoms with Crippen LogP contribution >= 0.6 is 0 Å². The van der Waals surface area contributed by atoms with Gasteiger partial charge in [0.15, 0.2) is 0 Å². The van der Waals surface area contributed by atoms with Crippen LogP contribution in [0.2, 0.25) is 0 Å².